The van der Waals surface area contributed by atoms with Crippen molar-refractivity contribution in [2.24, 2.45) is 0 Å². The SMILES string of the molecule is O=C(/C=C(\[O-])c1ccccc1)c1ccccc1.O=C(/C=C(\[O-])c1ccccc1)c1ccccc1.[OH-].[OH-].[Ti]. The van der Waals surface area contributed by atoms with Gasteiger partial charge in [0.2, 0.25) is 0 Å². The maximum Gasteiger partial charge on any atom is 0.185 e. The summed E-state index contributed by atoms with van der Waals surface area (Å²) < 4.78 is 0. The molecule has 6 nitrogen and oxygen atoms in total. The number of rotatable bonds is 6. The molecule has 0 aromatic heterocycles. The average molecular weight is 528 g/mol. The Hall–Kier alpha value is -4.07. The Balaban J connectivity index is 0.000000648. The van der Waals surface area contributed by atoms with Crippen molar-refractivity contribution >= 4 is 23.1 Å². The van der Waals surface area contributed by atoms with E-state index in [0.717, 1.165) is 12.2 Å². The first-order valence-electron chi connectivity index (χ1n) is 10.6. The number of hydrogen-bond acceptors (Lipinski definition) is 6. The second-order valence-electron chi connectivity index (χ2n) is 7.21. The molecule has 0 aliphatic rings. The minimum Gasteiger partial charge on any atom is -0.872 e. The molecule has 4 aromatic rings. The van der Waals surface area contributed by atoms with E-state index in [4.69, 9.17) is 0 Å². The van der Waals surface area contributed by atoms with Crippen LogP contribution in [0.5, 0.6) is 0 Å². The average Bonchev–Trinajstić information content (AvgIpc) is 2.91. The summed E-state index contributed by atoms with van der Waals surface area (Å²) in [5, 5.41) is 23.5. The molecule has 0 spiro atoms. The molecule has 0 bridgehead atoms. The molecule has 0 aliphatic carbocycles. The van der Waals surface area contributed by atoms with Crippen molar-refractivity contribution in [3.8, 4) is 0 Å². The molecule has 2 N–H and O–H groups in total. The van der Waals surface area contributed by atoms with Gasteiger partial charge >= 0.3 is 0 Å². The van der Waals surface area contributed by atoms with Crippen LogP contribution in [0, 0.1) is 0 Å². The summed E-state index contributed by atoms with van der Waals surface area (Å²) in [7, 11) is 0. The zero-order valence-electron chi connectivity index (χ0n) is 19.7. The van der Waals surface area contributed by atoms with Crippen LogP contribution in [0.2, 0.25) is 0 Å². The van der Waals surface area contributed by atoms with Gasteiger partial charge in [-0.05, 0) is 23.3 Å². The van der Waals surface area contributed by atoms with Gasteiger partial charge in [-0.1, -0.05) is 133 Å². The van der Waals surface area contributed by atoms with E-state index in [-0.39, 0.29) is 55.8 Å². The fourth-order valence-electron chi connectivity index (χ4n) is 2.98. The molecular weight excluding hydrogens is 504 g/mol. The van der Waals surface area contributed by atoms with Gasteiger partial charge in [0.25, 0.3) is 0 Å². The summed E-state index contributed by atoms with van der Waals surface area (Å²) in [5.74, 6) is -1.06. The maximum absolute atomic E-state index is 11.8. The van der Waals surface area contributed by atoms with E-state index in [1.807, 2.05) is 24.3 Å². The molecule has 0 atom stereocenters. The molecule has 188 valence electrons. The molecule has 0 amide bonds. The van der Waals surface area contributed by atoms with Gasteiger partial charge in [-0.25, -0.2) is 0 Å². The second kappa shape index (κ2) is 17.4. The second-order valence-corrected chi connectivity index (χ2v) is 7.21. The predicted molar refractivity (Wildman–Crippen MR) is 134 cm³/mol. The zero-order valence-corrected chi connectivity index (χ0v) is 21.3. The zero-order chi connectivity index (χ0) is 24.2. The van der Waals surface area contributed by atoms with Crippen molar-refractivity contribution in [1.29, 1.82) is 0 Å². The molecule has 0 saturated carbocycles. The van der Waals surface area contributed by atoms with E-state index in [1.165, 1.54) is 0 Å². The van der Waals surface area contributed by atoms with Crippen molar-refractivity contribution in [2.75, 3.05) is 0 Å². The number of carbonyl (C=O) groups excluding carboxylic acids is 2. The van der Waals surface area contributed by atoms with E-state index in [9.17, 15) is 19.8 Å². The molecule has 37 heavy (non-hydrogen) atoms. The van der Waals surface area contributed by atoms with E-state index in [1.54, 1.807) is 97.1 Å². The number of hydrogen-bond donors (Lipinski definition) is 0. The van der Waals surface area contributed by atoms with Crippen LogP contribution in [0.15, 0.2) is 133 Å². The molecule has 0 fully saturated rings. The van der Waals surface area contributed by atoms with Crippen molar-refractivity contribution in [3.63, 3.8) is 0 Å². The summed E-state index contributed by atoms with van der Waals surface area (Å²) in [4.78, 5) is 23.5. The molecule has 0 radical (unpaired) electrons. The van der Waals surface area contributed by atoms with Gasteiger partial charge in [0, 0.05) is 32.8 Å². The monoisotopic (exact) mass is 528 g/mol. The fraction of sp³-hybridized carbons (Fsp3) is 0. The van der Waals surface area contributed by atoms with E-state index < -0.39 is 0 Å². The van der Waals surface area contributed by atoms with Crippen LogP contribution in [0.1, 0.15) is 31.8 Å². The molecule has 0 saturated heterocycles. The molecule has 4 aromatic carbocycles. The third-order valence-corrected chi connectivity index (χ3v) is 4.76. The summed E-state index contributed by atoms with van der Waals surface area (Å²) in [6.07, 6.45) is 2.26. The summed E-state index contributed by atoms with van der Waals surface area (Å²) in [5.41, 5.74) is 2.10. The van der Waals surface area contributed by atoms with Crippen LogP contribution in [-0.2, 0) is 21.7 Å². The first kappa shape index (κ1) is 32.9. The van der Waals surface area contributed by atoms with Crippen molar-refractivity contribution in [3.05, 3.63) is 156 Å². The first-order chi connectivity index (χ1) is 16.5. The van der Waals surface area contributed by atoms with Crippen molar-refractivity contribution < 1.29 is 52.5 Å². The van der Waals surface area contributed by atoms with Gasteiger partial charge in [0.15, 0.2) is 11.6 Å². The maximum atomic E-state index is 11.8. The normalized spacial score (nSPS) is 10.3. The van der Waals surface area contributed by atoms with Gasteiger partial charge < -0.3 is 21.2 Å². The Morgan fingerprint density at radius 2 is 0.649 bits per heavy atom. The quantitative estimate of drug-likeness (QED) is 0.159. The summed E-state index contributed by atoms with van der Waals surface area (Å²) in [6.45, 7) is 0. The molecule has 0 heterocycles. The van der Waals surface area contributed by atoms with E-state index in [2.05, 4.69) is 0 Å². The molecule has 7 heteroatoms. The Kier molecular flexibility index (Phi) is 15.5. The molecule has 0 aliphatic heterocycles. The predicted octanol–water partition coefficient (Wildman–Crippen LogP) is 4.19. The summed E-state index contributed by atoms with van der Waals surface area (Å²) >= 11 is 0. The van der Waals surface area contributed by atoms with Crippen molar-refractivity contribution in [1.82, 2.24) is 0 Å². The van der Waals surface area contributed by atoms with Gasteiger partial charge in [0.1, 0.15) is 0 Å². The van der Waals surface area contributed by atoms with Crippen LogP contribution in [-0.4, -0.2) is 22.5 Å². The minimum atomic E-state index is -0.264. The number of benzene rings is 4. The van der Waals surface area contributed by atoms with Crippen LogP contribution >= 0.6 is 0 Å². The largest absolute Gasteiger partial charge is 0.872 e. The Labute approximate surface area is 230 Å². The van der Waals surface area contributed by atoms with Crippen LogP contribution in [0.3, 0.4) is 0 Å². The van der Waals surface area contributed by atoms with Gasteiger partial charge in [0.05, 0.1) is 0 Å². The Bertz CT molecular complexity index is 1170. The number of ketones is 2. The topological polar surface area (TPSA) is 140 Å². The van der Waals surface area contributed by atoms with Crippen LogP contribution in [0.25, 0.3) is 11.5 Å². The minimum absolute atomic E-state index is 0. The van der Waals surface area contributed by atoms with Crippen molar-refractivity contribution in [2.45, 2.75) is 0 Å². The van der Waals surface area contributed by atoms with Gasteiger partial charge in [-0.15, -0.1) is 0 Å². The van der Waals surface area contributed by atoms with Gasteiger partial charge in [-0.3, -0.25) is 9.59 Å². The van der Waals surface area contributed by atoms with E-state index >= 15 is 0 Å². The smallest absolute Gasteiger partial charge is 0.185 e. The number of allylic oxidation sites excluding steroid dienone is 2. The number of carbonyl (C=O) groups is 2. The fourth-order valence-corrected chi connectivity index (χ4v) is 2.98. The Morgan fingerprint density at radius 3 is 0.892 bits per heavy atom. The summed E-state index contributed by atoms with van der Waals surface area (Å²) in [6, 6.07) is 35.0. The van der Waals surface area contributed by atoms with Crippen LogP contribution in [0.4, 0.5) is 0 Å². The molecule has 0 unspecified atom stereocenters. The third-order valence-electron chi connectivity index (χ3n) is 4.76. The third kappa shape index (κ3) is 10.6. The Morgan fingerprint density at radius 1 is 0.432 bits per heavy atom. The standard InChI is InChI=1S/2C15H12O2.2H2O.Ti/c2*16-14(12-7-3-1-4-8-12)11-15(17)13-9-5-2-6-10-13;;;/h2*1-11,16H;2*1H2;/p-4/b2*14-11-;;;. The van der Waals surface area contributed by atoms with Crippen LogP contribution < -0.4 is 10.2 Å². The van der Waals surface area contributed by atoms with E-state index in [0.29, 0.717) is 22.3 Å². The van der Waals surface area contributed by atoms with Gasteiger partial charge in [-0.2, -0.15) is 0 Å². The molecule has 4 rings (SSSR count). The first-order valence-corrected chi connectivity index (χ1v) is 10.6. The molecular formula is C30H24O6Ti-4.